The van der Waals surface area contributed by atoms with E-state index >= 15 is 0 Å². The molecule has 2 rings (SSSR count). The van der Waals surface area contributed by atoms with Gasteiger partial charge in [-0.25, -0.2) is 0 Å². The predicted molar refractivity (Wildman–Crippen MR) is 82.8 cm³/mol. The first-order chi connectivity index (χ1) is 10.6. The van der Waals surface area contributed by atoms with Gasteiger partial charge in [0.25, 0.3) is 0 Å². The number of carbonyl (C=O) groups excluding carboxylic acids is 2. The average Bonchev–Trinajstić information content (AvgIpc) is 3.00. The van der Waals surface area contributed by atoms with E-state index in [9.17, 15) is 9.59 Å². The number of hydrogen-bond acceptors (Lipinski definition) is 4. The highest BCUT2D eigenvalue weighted by atomic mass is 16.2. The fourth-order valence-electron chi connectivity index (χ4n) is 2.88. The molecule has 0 atom stereocenters. The zero-order valence-corrected chi connectivity index (χ0v) is 13.1. The fraction of sp³-hybridized carbons (Fsp3) is 0.667. The van der Waals surface area contributed by atoms with Gasteiger partial charge in [0.15, 0.2) is 0 Å². The number of carbonyl (C=O) groups is 2. The number of rotatable bonds is 7. The lowest BCUT2D eigenvalue weighted by Crippen LogP contribution is -2.44. The number of piperidine rings is 1. The second kappa shape index (κ2) is 7.93. The van der Waals surface area contributed by atoms with E-state index < -0.39 is 0 Å². The average molecular weight is 307 g/mol. The van der Waals surface area contributed by atoms with Crippen LogP contribution >= 0.6 is 0 Å². The molecule has 0 radical (unpaired) electrons. The highest BCUT2D eigenvalue weighted by Gasteiger charge is 2.27. The van der Waals surface area contributed by atoms with Gasteiger partial charge in [-0.15, -0.1) is 0 Å². The van der Waals surface area contributed by atoms with Crippen LogP contribution in [-0.2, 0) is 16.1 Å². The van der Waals surface area contributed by atoms with Gasteiger partial charge in [-0.3, -0.25) is 19.2 Å². The van der Waals surface area contributed by atoms with Gasteiger partial charge in [-0.1, -0.05) is 0 Å². The first-order valence-electron chi connectivity index (χ1n) is 7.79. The van der Waals surface area contributed by atoms with E-state index in [1.807, 2.05) is 33.8 Å². The molecule has 0 bridgehead atoms. The molecule has 2 N–H and O–H groups in total. The normalized spacial score (nSPS) is 16.6. The van der Waals surface area contributed by atoms with Gasteiger partial charge >= 0.3 is 0 Å². The summed E-state index contributed by atoms with van der Waals surface area (Å²) in [5.41, 5.74) is 5.20. The largest absolute Gasteiger partial charge is 0.369 e. The number of primary amides is 1. The van der Waals surface area contributed by atoms with Gasteiger partial charge in [0.2, 0.25) is 11.8 Å². The van der Waals surface area contributed by atoms with Crippen molar-refractivity contribution >= 4 is 11.8 Å². The van der Waals surface area contributed by atoms with Crippen molar-refractivity contribution < 1.29 is 9.59 Å². The summed E-state index contributed by atoms with van der Waals surface area (Å²) in [6.07, 6.45) is 6.18. The van der Waals surface area contributed by atoms with Crippen LogP contribution in [0.5, 0.6) is 0 Å². The van der Waals surface area contributed by atoms with Gasteiger partial charge < -0.3 is 10.6 Å². The van der Waals surface area contributed by atoms with E-state index in [2.05, 4.69) is 5.10 Å². The third-order valence-corrected chi connectivity index (χ3v) is 4.13. The van der Waals surface area contributed by atoms with Crippen LogP contribution in [0.1, 0.15) is 19.3 Å². The van der Waals surface area contributed by atoms with Gasteiger partial charge in [0, 0.05) is 38.4 Å². The Morgan fingerprint density at radius 1 is 1.36 bits per heavy atom. The Balaban J connectivity index is 1.68. The first-order valence-corrected chi connectivity index (χ1v) is 7.79. The SMILES string of the molecule is CN(CCCn1cccn1)C(=O)C1CCN(CC(N)=O)CC1. The lowest BCUT2D eigenvalue weighted by atomic mass is 9.95. The molecule has 0 aromatic carbocycles. The molecule has 1 aliphatic heterocycles. The summed E-state index contributed by atoms with van der Waals surface area (Å²) in [7, 11) is 1.86. The van der Waals surface area contributed by atoms with Gasteiger partial charge in [-0.05, 0) is 38.4 Å². The molecule has 1 aliphatic rings. The lowest BCUT2D eigenvalue weighted by molar-refractivity contribution is -0.135. The molecule has 22 heavy (non-hydrogen) atoms. The Hall–Kier alpha value is -1.89. The highest BCUT2D eigenvalue weighted by molar-refractivity contribution is 5.79. The van der Waals surface area contributed by atoms with Crippen molar-refractivity contribution in [2.75, 3.05) is 33.2 Å². The molecule has 7 nitrogen and oxygen atoms in total. The number of hydrogen-bond donors (Lipinski definition) is 1. The minimum Gasteiger partial charge on any atom is -0.369 e. The predicted octanol–water partition coefficient (Wildman–Crippen LogP) is -0.0711. The molecule has 7 heteroatoms. The number of aryl methyl sites for hydroxylation is 1. The maximum atomic E-state index is 12.4. The van der Waals surface area contributed by atoms with Crippen molar-refractivity contribution in [3.05, 3.63) is 18.5 Å². The summed E-state index contributed by atoms with van der Waals surface area (Å²) in [6, 6.07) is 1.90. The third-order valence-electron chi connectivity index (χ3n) is 4.13. The van der Waals surface area contributed by atoms with E-state index in [4.69, 9.17) is 5.73 Å². The zero-order chi connectivity index (χ0) is 15.9. The molecule has 1 fully saturated rings. The monoisotopic (exact) mass is 307 g/mol. The Bertz CT molecular complexity index is 480. The number of likely N-dealkylation sites (tertiary alicyclic amines) is 1. The molecule has 0 spiro atoms. The van der Waals surface area contributed by atoms with Crippen molar-refractivity contribution in [1.82, 2.24) is 19.6 Å². The van der Waals surface area contributed by atoms with Crippen LogP contribution in [0.15, 0.2) is 18.5 Å². The molecule has 1 aromatic rings. The fourth-order valence-corrected chi connectivity index (χ4v) is 2.88. The molecule has 122 valence electrons. The summed E-state index contributed by atoms with van der Waals surface area (Å²) in [5, 5.41) is 4.15. The second-order valence-corrected chi connectivity index (χ2v) is 5.90. The molecule has 0 saturated carbocycles. The number of nitrogens with zero attached hydrogens (tertiary/aromatic N) is 4. The van der Waals surface area contributed by atoms with E-state index in [-0.39, 0.29) is 17.7 Å². The van der Waals surface area contributed by atoms with E-state index in [0.717, 1.165) is 45.4 Å². The smallest absolute Gasteiger partial charge is 0.231 e. The van der Waals surface area contributed by atoms with Crippen molar-refractivity contribution in [1.29, 1.82) is 0 Å². The van der Waals surface area contributed by atoms with Crippen LogP contribution in [-0.4, -0.2) is 64.6 Å². The lowest BCUT2D eigenvalue weighted by Gasteiger charge is -2.32. The first kappa shape index (κ1) is 16.5. The second-order valence-electron chi connectivity index (χ2n) is 5.90. The van der Waals surface area contributed by atoms with Crippen LogP contribution in [0, 0.1) is 5.92 Å². The maximum absolute atomic E-state index is 12.4. The number of amides is 2. The van der Waals surface area contributed by atoms with Crippen molar-refractivity contribution in [2.24, 2.45) is 11.7 Å². The van der Waals surface area contributed by atoms with Gasteiger partial charge in [0.1, 0.15) is 0 Å². The van der Waals surface area contributed by atoms with E-state index in [0.29, 0.717) is 6.54 Å². The number of aromatic nitrogens is 2. The standard InChI is InChI=1S/C15H25N5O2/c1-18(7-3-9-20-8-2-6-17-20)15(22)13-4-10-19(11-5-13)12-14(16)21/h2,6,8,13H,3-5,7,9-12H2,1H3,(H2,16,21). The van der Waals surface area contributed by atoms with Crippen LogP contribution < -0.4 is 5.73 Å². The van der Waals surface area contributed by atoms with Crippen molar-refractivity contribution in [3.8, 4) is 0 Å². The zero-order valence-electron chi connectivity index (χ0n) is 13.1. The molecular formula is C15H25N5O2. The van der Waals surface area contributed by atoms with Crippen LogP contribution in [0.3, 0.4) is 0 Å². The van der Waals surface area contributed by atoms with Gasteiger partial charge in [0.05, 0.1) is 6.54 Å². The molecule has 0 unspecified atom stereocenters. The Morgan fingerprint density at radius 3 is 2.68 bits per heavy atom. The molecule has 1 saturated heterocycles. The van der Waals surface area contributed by atoms with E-state index in [1.54, 1.807) is 6.20 Å². The third kappa shape index (κ3) is 4.84. The van der Waals surface area contributed by atoms with Crippen molar-refractivity contribution in [2.45, 2.75) is 25.8 Å². The minimum atomic E-state index is -0.305. The topological polar surface area (TPSA) is 84.5 Å². The van der Waals surface area contributed by atoms with Crippen LogP contribution in [0.25, 0.3) is 0 Å². The molecule has 2 amide bonds. The Labute approximate surface area is 131 Å². The summed E-state index contributed by atoms with van der Waals surface area (Å²) in [4.78, 5) is 27.2. The summed E-state index contributed by atoms with van der Waals surface area (Å²) in [5.74, 6) is -0.0291. The quantitative estimate of drug-likeness (QED) is 0.764. The van der Waals surface area contributed by atoms with Crippen LogP contribution in [0.4, 0.5) is 0 Å². The van der Waals surface area contributed by atoms with Crippen LogP contribution in [0.2, 0.25) is 0 Å². The highest BCUT2D eigenvalue weighted by Crippen LogP contribution is 2.19. The van der Waals surface area contributed by atoms with Gasteiger partial charge in [-0.2, -0.15) is 5.10 Å². The summed E-state index contributed by atoms with van der Waals surface area (Å²) < 4.78 is 1.88. The maximum Gasteiger partial charge on any atom is 0.231 e. The molecular weight excluding hydrogens is 282 g/mol. The van der Waals surface area contributed by atoms with Crippen molar-refractivity contribution in [3.63, 3.8) is 0 Å². The molecule has 0 aliphatic carbocycles. The summed E-state index contributed by atoms with van der Waals surface area (Å²) >= 11 is 0. The Kier molecular flexibility index (Phi) is 5.94. The summed E-state index contributed by atoms with van der Waals surface area (Å²) in [6.45, 7) is 3.38. The molecule has 2 heterocycles. The van der Waals surface area contributed by atoms with E-state index in [1.165, 1.54) is 0 Å². The minimum absolute atomic E-state index is 0.0684. The number of nitrogens with two attached hydrogens (primary N) is 1. The Morgan fingerprint density at radius 2 is 2.09 bits per heavy atom. The molecule has 1 aromatic heterocycles.